The maximum absolute atomic E-state index is 14.6. The predicted octanol–water partition coefficient (Wildman–Crippen LogP) is 5.66. The molecule has 1 spiro atoms. The number of halogens is 3. The number of benzene rings is 2. The molecule has 1 saturated carbocycles. The summed E-state index contributed by atoms with van der Waals surface area (Å²) >= 11 is 0. The third kappa shape index (κ3) is 6.28. The van der Waals surface area contributed by atoms with Crippen molar-refractivity contribution < 1.29 is 23.1 Å². The van der Waals surface area contributed by atoms with Crippen LogP contribution in [0.25, 0.3) is 22.5 Å². The van der Waals surface area contributed by atoms with Crippen LogP contribution in [0.2, 0.25) is 0 Å². The molecular formula is C36H34F3N9O2. The standard InChI is InChI=1S/C36H34F3N9O2/c1-46-21-43-45-33(46)26-4-3-22(18-41)11-27(26)24-14-31(42-8-2-7-40)44-32(15-24)48-20-29-28(34(48)50)12-23(13-30(29)36(37,38)39)19-47-9-5-35(6-10-47)16-25(49)17-35/h3-4,11-15,21,25,49H,2,5-6,8-10,16-17,19-20H2,1H3,(H,42,44). The van der Waals surface area contributed by atoms with Crippen LogP contribution in [-0.4, -0.2) is 61.4 Å². The largest absolute Gasteiger partial charge is 0.416 e. The van der Waals surface area contributed by atoms with Crippen molar-refractivity contribution in [1.29, 1.82) is 10.5 Å². The summed E-state index contributed by atoms with van der Waals surface area (Å²) in [6.07, 6.45) is 0.0818. The molecule has 3 aliphatic rings. The van der Waals surface area contributed by atoms with Crippen molar-refractivity contribution in [2.45, 2.75) is 57.5 Å². The number of aromatic nitrogens is 4. The molecule has 7 rings (SSSR count). The quantitative estimate of drug-likeness (QED) is 0.225. The lowest BCUT2D eigenvalue weighted by molar-refractivity contribution is -0.138. The van der Waals surface area contributed by atoms with Crippen LogP contribution in [0, 0.1) is 28.1 Å². The number of aliphatic hydroxyl groups excluding tert-OH is 1. The van der Waals surface area contributed by atoms with Gasteiger partial charge in [0.15, 0.2) is 5.82 Å². The number of anilines is 2. The van der Waals surface area contributed by atoms with Gasteiger partial charge in [-0.05, 0) is 109 Å². The number of hydrogen-bond donors (Lipinski definition) is 2. The first-order valence-corrected chi connectivity index (χ1v) is 16.4. The van der Waals surface area contributed by atoms with E-state index >= 15 is 0 Å². The van der Waals surface area contributed by atoms with Gasteiger partial charge in [-0.1, -0.05) is 0 Å². The minimum absolute atomic E-state index is 0.0112. The smallest absolute Gasteiger partial charge is 0.393 e. The number of pyridine rings is 1. The van der Waals surface area contributed by atoms with Gasteiger partial charge in [0.25, 0.3) is 5.91 Å². The van der Waals surface area contributed by atoms with Crippen molar-refractivity contribution in [3.05, 3.63) is 76.6 Å². The van der Waals surface area contributed by atoms with Gasteiger partial charge in [0, 0.05) is 31.3 Å². The summed E-state index contributed by atoms with van der Waals surface area (Å²) in [4.78, 5) is 22.0. The summed E-state index contributed by atoms with van der Waals surface area (Å²) in [6, 6.07) is 15.3. The van der Waals surface area contributed by atoms with Crippen LogP contribution in [-0.2, 0) is 26.3 Å². The summed E-state index contributed by atoms with van der Waals surface area (Å²) in [5, 5.41) is 39.9. The molecule has 50 heavy (non-hydrogen) atoms. The molecule has 1 aliphatic carbocycles. The lowest BCUT2D eigenvalue weighted by Crippen LogP contribution is -2.48. The van der Waals surface area contributed by atoms with Crippen LogP contribution in [0.4, 0.5) is 24.8 Å². The molecule has 256 valence electrons. The highest BCUT2D eigenvalue weighted by atomic mass is 19.4. The fraction of sp³-hybridized carbons (Fsp3) is 0.389. The molecule has 1 saturated heterocycles. The Labute approximate surface area is 286 Å². The van der Waals surface area contributed by atoms with E-state index in [1.165, 1.54) is 11.2 Å². The molecule has 2 fully saturated rings. The molecular weight excluding hydrogens is 647 g/mol. The van der Waals surface area contributed by atoms with Gasteiger partial charge >= 0.3 is 6.18 Å². The first kappa shape index (κ1) is 33.2. The van der Waals surface area contributed by atoms with Gasteiger partial charge in [-0.25, -0.2) is 4.98 Å². The van der Waals surface area contributed by atoms with Crippen molar-refractivity contribution in [2.24, 2.45) is 12.5 Å². The second-order valence-corrected chi connectivity index (χ2v) is 13.5. The fourth-order valence-electron chi connectivity index (χ4n) is 7.51. The van der Waals surface area contributed by atoms with E-state index in [0.29, 0.717) is 52.5 Å². The van der Waals surface area contributed by atoms with Crippen molar-refractivity contribution in [2.75, 3.05) is 29.9 Å². The average molecular weight is 682 g/mol. The maximum atomic E-state index is 14.6. The van der Waals surface area contributed by atoms with Gasteiger partial charge in [0.05, 0.1) is 42.3 Å². The number of aliphatic hydroxyl groups is 1. The number of alkyl halides is 3. The number of likely N-dealkylation sites (tertiary alicyclic amines) is 1. The molecule has 0 radical (unpaired) electrons. The minimum Gasteiger partial charge on any atom is -0.393 e. The van der Waals surface area contributed by atoms with E-state index in [1.54, 1.807) is 48.0 Å². The number of nitrogens with one attached hydrogen (secondary N) is 1. The van der Waals surface area contributed by atoms with Gasteiger partial charge in [0.2, 0.25) is 0 Å². The molecule has 4 aromatic rings. The number of rotatable bonds is 8. The highest BCUT2D eigenvalue weighted by Gasteiger charge is 2.45. The highest BCUT2D eigenvalue weighted by Crippen LogP contribution is 2.49. The Morgan fingerprint density at radius 3 is 2.50 bits per heavy atom. The summed E-state index contributed by atoms with van der Waals surface area (Å²) < 4.78 is 45.5. The van der Waals surface area contributed by atoms with E-state index in [0.717, 1.165) is 31.7 Å². The zero-order chi connectivity index (χ0) is 35.2. The van der Waals surface area contributed by atoms with E-state index in [4.69, 9.17) is 5.26 Å². The van der Waals surface area contributed by atoms with Gasteiger partial charge in [-0.15, -0.1) is 10.2 Å². The summed E-state index contributed by atoms with van der Waals surface area (Å²) in [5.41, 5.74) is 1.71. The zero-order valence-electron chi connectivity index (χ0n) is 27.3. The highest BCUT2D eigenvalue weighted by molar-refractivity contribution is 6.10. The molecule has 2 aliphatic heterocycles. The molecule has 0 bridgehead atoms. The number of nitriles is 2. The molecule has 11 nitrogen and oxygen atoms in total. The van der Waals surface area contributed by atoms with Gasteiger partial charge < -0.3 is 15.0 Å². The predicted molar refractivity (Wildman–Crippen MR) is 177 cm³/mol. The molecule has 2 aromatic carbocycles. The maximum Gasteiger partial charge on any atom is 0.416 e. The molecule has 1 amide bonds. The minimum atomic E-state index is -4.69. The number of carbonyl (C=O) groups is 1. The second kappa shape index (κ2) is 12.9. The van der Waals surface area contributed by atoms with Crippen molar-refractivity contribution in [1.82, 2.24) is 24.6 Å². The van der Waals surface area contributed by atoms with Crippen LogP contribution in [0.5, 0.6) is 0 Å². The van der Waals surface area contributed by atoms with E-state index in [1.807, 2.05) is 0 Å². The van der Waals surface area contributed by atoms with E-state index in [-0.39, 0.29) is 54.5 Å². The molecule has 2 aromatic heterocycles. The third-order valence-electron chi connectivity index (χ3n) is 10.1. The number of piperidine rings is 1. The third-order valence-corrected chi connectivity index (χ3v) is 10.1. The normalized spacial score (nSPS) is 17.3. The number of aryl methyl sites for hydroxylation is 1. The lowest BCUT2D eigenvalue weighted by atomic mass is 9.61. The summed E-state index contributed by atoms with van der Waals surface area (Å²) in [5.74, 6) is 0.345. The number of carbonyl (C=O) groups excluding carboxylic acids is 1. The van der Waals surface area contributed by atoms with Crippen LogP contribution in [0.1, 0.15) is 64.7 Å². The number of hydrogen-bond acceptors (Lipinski definition) is 9. The van der Waals surface area contributed by atoms with Crippen molar-refractivity contribution in [3.8, 4) is 34.7 Å². The summed E-state index contributed by atoms with van der Waals surface area (Å²) in [6.45, 7) is 1.62. The topological polar surface area (TPSA) is 147 Å². The fourth-order valence-corrected chi connectivity index (χ4v) is 7.51. The van der Waals surface area contributed by atoms with Crippen LogP contribution < -0.4 is 10.2 Å². The Balaban J connectivity index is 1.25. The Morgan fingerprint density at radius 1 is 1.06 bits per heavy atom. The Hall–Kier alpha value is -5.31. The first-order valence-electron chi connectivity index (χ1n) is 16.4. The van der Waals surface area contributed by atoms with Gasteiger partial charge in [-0.3, -0.25) is 14.6 Å². The second-order valence-electron chi connectivity index (χ2n) is 13.5. The SMILES string of the molecule is Cn1cnnc1-c1ccc(C#N)cc1-c1cc(NCCC#N)nc(N2Cc3c(cc(CN4CCC5(CC4)CC(O)C5)cc3C(F)(F)F)C2=O)c1. The van der Waals surface area contributed by atoms with E-state index in [2.05, 4.69) is 37.5 Å². The van der Waals surface area contributed by atoms with Crippen LogP contribution in [0.3, 0.4) is 0 Å². The van der Waals surface area contributed by atoms with E-state index < -0.39 is 17.6 Å². The number of nitrogens with zero attached hydrogens (tertiary/aromatic N) is 8. The lowest BCUT2D eigenvalue weighted by Gasteiger charge is -2.50. The van der Waals surface area contributed by atoms with Crippen molar-refractivity contribution >= 4 is 17.5 Å². The Kier molecular flexibility index (Phi) is 8.54. The monoisotopic (exact) mass is 681 g/mol. The van der Waals surface area contributed by atoms with Crippen LogP contribution >= 0.6 is 0 Å². The van der Waals surface area contributed by atoms with E-state index in [9.17, 15) is 28.3 Å². The average Bonchev–Trinajstić information content (AvgIpc) is 3.66. The molecule has 2 N–H and O–H groups in total. The molecule has 0 unspecified atom stereocenters. The van der Waals surface area contributed by atoms with Gasteiger partial charge in [0.1, 0.15) is 18.0 Å². The number of amides is 1. The first-order chi connectivity index (χ1) is 24.0. The Morgan fingerprint density at radius 2 is 1.84 bits per heavy atom. The molecule has 4 heterocycles. The number of fused-ring (bicyclic) bond motifs is 1. The summed E-state index contributed by atoms with van der Waals surface area (Å²) in [7, 11) is 1.78. The molecule has 14 heteroatoms. The van der Waals surface area contributed by atoms with Crippen molar-refractivity contribution in [3.63, 3.8) is 0 Å². The zero-order valence-corrected chi connectivity index (χ0v) is 27.3. The molecule has 0 atom stereocenters. The Bertz CT molecular complexity index is 2050. The van der Waals surface area contributed by atoms with Crippen LogP contribution in [0.15, 0.2) is 48.8 Å². The van der Waals surface area contributed by atoms with Gasteiger partial charge in [-0.2, -0.15) is 23.7 Å².